The maximum absolute atomic E-state index is 13.8. The minimum absolute atomic E-state index is 0.0550. The minimum Gasteiger partial charge on any atom is -0.463 e. The van der Waals surface area contributed by atoms with Crippen LogP contribution in [0.5, 0.6) is 0 Å². The summed E-state index contributed by atoms with van der Waals surface area (Å²) in [6.45, 7) is 1.80. The maximum atomic E-state index is 13.8. The van der Waals surface area contributed by atoms with E-state index in [-0.39, 0.29) is 17.0 Å². The third-order valence-electron chi connectivity index (χ3n) is 6.18. The molecule has 0 radical (unpaired) electrons. The molecule has 0 amide bonds. The number of rotatable bonds is 9. The molecule has 0 aromatic carbocycles. The van der Waals surface area contributed by atoms with Gasteiger partial charge in [-0.15, -0.1) is 11.3 Å². The smallest absolute Gasteiger partial charge is 0.376 e. The van der Waals surface area contributed by atoms with Gasteiger partial charge in [-0.25, -0.2) is 4.79 Å². The van der Waals surface area contributed by atoms with Gasteiger partial charge in [-0.3, -0.25) is 14.4 Å². The highest BCUT2D eigenvalue weighted by Crippen LogP contribution is 2.30. The fourth-order valence-corrected chi connectivity index (χ4v) is 5.27. The molecule has 12 nitrogen and oxygen atoms in total. The fraction of sp³-hybridized carbons (Fsp3) is 0.269. The van der Waals surface area contributed by atoms with Gasteiger partial charge in [-0.1, -0.05) is 11.6 Å². The number of ether oxygens (including phenoxy) is 2. The van der Waals surface area contributed by atoms with Crippen LogP contribution in [0.15, 0.2) is 58.1 Å². The molecule has 1 aliphatic heterocycles. The van der Waals surface area contributed by atoms with Gasteiger partial charge in [-0.2, -0.15) is 9.78 Å². The zero-order chi connectivity index (χ0) is 28.2. The second kappa shape index (κ2) is 11.9. The zero-order valence-electron chi connectivity index (χ0n) is 21.3. The van der Waals surface area contributed by atoms with Crippen molar-refractivity contribution in [2.45, 2.75) is 13.1 Å². The van der Waals surface area contributed by atoms with E-state index in [1.165, 1.54) is 29.9 Å². The fourth-order valence-electron chi connectivity index (χ4n) is 4.24. The van der Waals surface area contributed by atoms with E-state index in [1.54, 1.807) is 24.3 Å². The van der Waals surface area contributed by atoms with Crippen molar-refractivity contribution >= 4 is 52.1 Å². The van der Waals surface area contributed by atoms with Crippen LogP contribution in [0.2, 0.25) is 4.34 Å². The molecule has 4 aromatic heterocycles. The molecule has 1 fully saturated rings. The predicted octanol–water partition coefficient (Wildman–Crippen LogP) is 2.90. The Morgan fingerprint density at radius 2 is 1.98 bits per heavy atom. The van der Waals surface area contributed by atoms with Crippen LogP contribution in [0.3, 0.4) is 0 Å². The molecule has 1 aliphatic rings. The Hall–Kier alpha value is -4.20. The highest BCUT2D eigenvalue weighted by atomic mass is 35.5. The van der Waals surface area contributed by atoms with Gasteiger partial charge in [0.25, 0.3) is 11.3 Å². The predicted molar refractivity (Wildman–Crippen MR) is 147 cm³/mol. The van der Waals surface area contributed by atoms with Crippen molar-refractivity contribution in [3.05, 3.63) is 74.2 Å². The van der Waals surface area contributed by atoms with E-state index < -0.39 is 29.8 Å². The molecule has 4 aromatic rings. The lowest BCUT2D eigenvalue weighted by atomic mass is 10.1. The lowest BCUT2D eigenvalue weighted by molar-refractivity contribution is -0.151. The number of thiophene rings is 1. The van der Waals surface area contributed by atoms with Gasteiger partial charge in [0.1, 0.15) is 11.5 Å². The average molecular weight is 586 g/mol. The molecular weight excluding hydrogens is 562 g/mol. The molecule has 40 heavy (non-hydrogen) atoms. The van der Waals surface area contributed by atoms with Crippen LogP contribution >= 0.6 is 22.9 Å². The molecule has 0 aliphatic carbocycles. The zero-order valence-corrected chi connectivity index (χ0v) is 22.9. The second-order valence-electron chi connectivity index (χ2n) is 8.69. The monoisotopic (exact) mass is 585 g/mol. The van der Waals surface area contributed by atoms with E-state index >= 15 is 0 Å². The van der Waals surface area contributed by atoms with Crippen LogP contribution in [0.1, 0.15) is 15.4 Å². The van der Waals surface area contributed by atoms with Gasteiger partial charge in [0.05, 0.1) is 55.3 Å². The Labute approximate surface area is 236 Å². The van der Waals surface area contributed by atoms with Crippen LogP contribution in [-0.2, 0) is 32.2 Å². The Bertz CT molecular complexity index is 1600. The number of esters is 1. The highest BCUT2D eigenvalue weighted by molar-refractivity contribution is 7.16. The number of Topliss-reactive ketones (excluding diaryl/α,β-unsaturated/α-hetero) is 1. The van der Waals surface area contributed by atoms with Crippen LogP contribution in [0.25, 0.3) is 11.3 Å². The molecule has 5 heterocycles. The van der Waals surface area contributed by atoms with Gasteiger partial charge < -0.3 is 28.7 Å². The van der Waals surface area contributed by atoms with E-state index in [9.17, 15) is 19.2 Å². The maximum Gasteiger partial charge on any atom is 0.376 e. The van der Waals surface area contributed by atoms with Crippen molar-refractivity contribution in [2.24, 2.45) is 0 Å². The van der Waals surface area contributed by atoms with Gasteiger partial charge in [0.2, 0.25) is 0 Å². The number of hydrogen-bond donors (Lipinski definition) is 1. The summed E-state index contributed by atoms with van der Waals surface area (Å²) in [4.78, 5) is 54.0. The first-order valence-corrected chi connectivity index (χ1v) is 13.4. The summed E-state index contributed by atoms with van der Waals surface area (Å²) in [5.74, 6) is -2.12. The van der Waals surface area contributed by atoms with Gasteiger partial charge in [-0.05, 0) is 30.3 Å². The summed E-state index contributed by atoms with van der Waals surface area (Å²) in [7, 11) is 1.09. The number of carbonyl (C=O) groups excluding carboxylic acids is 3. The summed E-state index contributed by atoms with van der Waals surface area (Å²) in [6.07, 6.45) is 2.82. The third kappa shape index (κ3) is 5.71. The number of carbonyl (C=O) groups is 3. The molecule has 0 unspecified atom stereocenters. The summed E-state index contributed by atoms with van der Waals surface area (Å²) in [6, 6.07) is 10.0. The van der Waals surface area contributed by atoms with Gasteiger partial charge in [0, 0.05) is 30.2 Å². The topological polar surface area (TPSA) is 138 Å². The lowest BCUT2D eigenvalue weighted by Crippen LogP contribution is -2.38. The third-order valence-corrected chi connectivity index (χ3v) is 7.42. The van der Waals surface area contributed by atoms with Gasteiger partial charge >= 0.3 is 11.9 Å². The molecule has 0 bridgehead atoms. The number of aromatic nitrogens is 3. The molecule has 1 saturated heterocycles. The molecule has 0 spiro atoms. The molecule has 0 saturated carbocycles. The summed E-state index contributed by atoms with van der Waals surface area (Å²) >= 11 is 7.45. The summed E-state index contributed by atoms with van der Waals surface area (Å²) in [5, 5.41) is 7.71. The molecule has 14 heteroatoms. The summed E-state index contributed by atoms with van der Waals surface area (Å²) in [5.41, 5.74) is 0.350. The number of furan rings is 1. The van der Waals surface area contributed by atoms with Crippen molar-refractivity contribution in [3.8, 4) is 11.3 Å². The number of halogens is 1. The Kier molecular flexibility index (Phi) is 8.14. The quantitative estimate of drug-likeness (QED) is 0.230. The number of hydrogen-bond acceptors (Lipinski definition) is 11. The minimum atomic E-state index is -1.06. The van der Waals surface area contributed by atoms with Crippen molar-refractivity contribution in [1.29, 1.82) is 0 Å². The lowest BCUT2D eigenvalue weighted by Gasteiger charge is -2.30. The number of morpholine rings is 1. The largest absolute Gasteiger partial charge is 0.463 e. The highest BCUT2D eigenvalue weighted by Gasteiger charge is 2.26. The van der Waals surface area contributed by atoms with Gasteiger partial charge in [0.15, 0.2) is 5.76 Å². The number of anilines is 2. The molecule has 1 N–H and O–H groups in total. The number of pyridine rings is 1. The van der Waals surface area contributed by atoms with Crippen molar-refractivity contribution < 1.29 is 28.3 Å². The van der Waals surface area contributed by atoms with Crippen LogP contribution in [-0.4, -0.2) is 65.4 Å². The number of methoxy groups -OCH3 is 1. The number of ketones is 1. The SMILES string of the molecule is COC(=O)C(=O)Cn1ccc(N2CCOCC2)c(-c2cc(NCc3ccc(Cl)s3)n(C(=O)c3ccco3)n2)c1=O. The number of nitrogens with zero attached hydrogens (tertiary/aromatic N) is 4. The average Bonchev–Trinajstić information content (AvgIpc) is 3.74. The second-order valence-corrected chi connectivity index (χ2v) is 10.5. The van der Waals surface area contributed by atoms with E-state index in [0.29, 0.717) is 48.7 Å². The number of nitrogens with one attached hydrogen (secondary N) is 1. The molecule has 208 valence electrons. The van der Waals surface area contributed by atoms with E-state index in [0.717, 1.165) is 21.2 Å². The molecule has 5 rings (SSSR count). The molecular formula is C26H24ClN5O7S. The standard InChI is InChI=1S/C26H24ClN5O7S/c1-37-26(36)19(33)15-31-7-6-18(30-8-11-38-12-9-30)23(25(31)35)17-13-22(28-14-16-4-5-21(27)40-16)32(29-17)24(34)20-3-2-10-39-20/h2-7,10,13,28H,8-9,11-12,14-15H2,1H3. The normalized spacial score (nSPS) is 13.3. The van der Waals surface area contributed by atoms with Crippen LogP contribution in [0, 0.1) is 0 Å². The van der Waals surface area contributed by atoms with Crippen molar-refractivity contribution in [3.63, 3.8) is 0 Å². The van der Waals surface area contributed by atoms with E-state index in [2.05, 4.69) is 15.2 Å². The van der Waals surface area contributed by atoms with Crippen LogP contribution < -0.4 is 15.8 Å². The first-order chi connectivity index (χ1) is 19.4. The van der Waals surface area contributed by atoms with E-state index in [4.69, 9.17) is 20.8 Å². The van der Waals surface area contributed by atoms with Crippen molar-refractivity contribution in [1.82, 2.24) is 14.3 Å². The molecule has 0 atom stereocenters. The van der Waals surface area contributed by atoms with Crippen molar-refractivity contribution in [2.75, 3.05) is 43.6 Å². The first kappa shape index (κ1) is 27.4. The summed E-state index contributed by atoms with van der Waals surface area (Å²) < 4.78 is 18.1. The Balaban J connectivity index is 1.60. The Morgan fingerprint density at radius 3 is 2.65 bits per heavy atom. The Morgan fingerprint density at radius 1 is 1.18 bits per heavy atom. The van der Waals surface area contributed by atoms with E-state index in [1.807, 2.05) is 11.0 Å². The first-order valence-electron chi connectivity index (χ1n) is 12.2. The van der Waals surface area contributed by atoms with Crippen LogP contribution in [0.4, 0.5) is 11.5 Å².